The minimum absolute atomic E-state index is 0.187. The zero-order chi connectivity index (χ0) is 21.2. The van der Waals surface area contributed by atoms with E-state index >= 15 is 0 Å². The standard InChI is InChI=1S/C22H19F3N2O2/c1-13-9-15(12-18(10-13)22(23,24)25)3-8-19-11-14(2)20(27-26-19)16-4-6-17(7-5-16)21(28)29/h4-7,9-12H,3,8H2,1-2H3,(H,28,29). The SMILES string of the molecule is Cc1cc(CCc2cc(C)c(-c3ccc(C(=O)O)cc3)nn2)cc(C(F)(F)F)c1. The third-order valence-electron chi connectivity index (χ3n) is 4.57. The lowest BCUT2D eigenvalue weighted by atomic mass is 10.0. The molecule has 0 aliphatic rings. The first-order valence-corrected chi connectivity index (χ1v) is 8.98. The number of halogens is 3. The highest BCUT2D eigenvalue weighted by Crippen LogP contribution is 2.31. The highest BCUT2D eigenvalue weighted by atomic mass is 19.4. The van der Waals surface area contributed by atoms with Crippen molar-refractivity contribution in [3.63, 3.8) is 0 Å². The number of nitrogens with zero attached hydrogens (tertiary/aromatic N) is 2. The molecule has 0 unspecified atom stereocenters. The minimum atomic E-state index is -4.37. The van der Waals surface area contributed by atoms with Gasteiger partial charge in [0.2, 0.25) is 0 Å². The van der Waals surface area contributed by atoms with Crippen LogP contribution in [0.3, 0.4) is 0 Å². The normalized spacial score (nSPS) is 11.5. The van der Waals surface area contributed by atoms with Crippen LogP contribution in [0.5, 0.6) is 0 Å². The smallest absolute Gasteiger partial charge is 0.416 e. The van der Waals surface area contributed by atoms with E-state index in [9.17, 15) is 18.0 Å². The maximum absolute atomic E-state index is 13.0. The Bertz CT molecular complexity index is 1040. The van der Waals surface area contributed by atoms with Crippen molar-refractivity contribution in [3.05, 3.63) is 82.0 Å². The summed E-state index contributed by atoms with van der Waals surface area (Å²) in [6.45, 7) is 3.51. The first-order chi connectivity index (χ1) is 13.6. The first-order valence-electron chi connectivity index (χ1n) is 8.98. The molecular weight excluding hydrogens is 381 g/mol. The minimum Gasteiger partial charge on any atom is -0.478 e. The Labute approximate surface area is 166 Å². The average molecular weight is 400 g/mol. The second-order valence-corrected chi connectivity index (χ2v) is 6.95. The van der Waals surface area contributed by atoms with Gasteiger partial charge in [0, 0.05) is 5.56 Å². The van der Waals surface area contributed by atoms with Gasteiger partial charge in [0.1, 0.15) is 0 Å². The lowest BCUT2D eigenvalue weighted by Gasteiger charge is -2.11. The number of hydrogen-bond donors (Lipinski definition) is 1. The lowest BCUT2D eigenvalue weighted by Crippen LogP contribution is -2.07. The highest BCUT2D eigenvalue weighted by Gasteiger charge is 2.30. The molecule has 150 valence electrons. The molecular formula is C22H19F3N2O2. The van der Waals surface area contributed by atoms with Gasteiger partial charge in [-0.05, 0) is 68.1 Å². The summed E-state index contributed by atoms with van der Waals surface area (Å²) in [5.41, 5.74) is 3.65. The number of carbonyl (C=O) groups is 1. The van der Waals surface area contributed by atoms with Crippen LogP contribution >= 0.6 is 0 Å². The molecule has 2 aromatic carbocycles. The summed E-state index contributed by atoms with van der Waals surface area (Å²) in [7, 11) is 0. The van der Waals surface area contributed by atoms with E-state index in [-0.39, 0.29) is 5.56 Å². The van der Waals surface area contributed by atoms with E-state index in [0.29, 0.717) is 35.4 Å². The number of rotatable bonds is 5. The summed E-state index contributed by atoms with van der Waals surface area (Å²) in [4.78, 5) is 11.0. The Balaban J connectivity index is 1.76. The molecule has 0 aliphatic heterocycles. The quantitative estimate of drug-likeness (QED) is 0.634. The summed E-state index contributed by atoms with van der Waals surface area (Å²) in [5.74, 6) is -1.00. The Hall–Kier alpha value is -3.22. The molecule has 0 spiro atoms. The molecule has 0 amide bonds. The Morgan fingerprint density at radius 3 is 2.24 bits per heavy atom. The Morgan fingerprint density at radius 1 is 0.966 bits per heavy atom. The van der Waals surface area contributed by atoms with Crippen LogP contribution < -0.4 is 0 Å². The Morgan fingerprint density at radius 2 is 1.66 bits per heavy atom. The van der Waals surface area contributed by atoms with Crippen LogP contribution in [-0.4, -0.2) is 21.3 Å². The molecule has 0 aliphatic carbocycles. The largest absolute Gasteiger partial charge is 0.478 e. The van der Waals surface area contributed by atoms with Crippen LogP contribution in [-0.2, 0) is 19.0 Å². The topological polar surface area (TPSA) is 63.1 Å². The number of alkyl halides is 3. The monoisotopic (exact) mass is 400 g/mol. The molecule has 0 bridgehead atoms. The number of carboxylic acids is 1. The van der Waals surface area contributed by atoms with Crippen LogP contribution in [0.2, 0.25) is 0 Å². The van der Waals surface area contributed by atoms with Gasteiger partial charge >= 0.3 is 12.1 Å². The molecule has 1 N–H and O–H groups in total. The molecule has 4 nitrogen and oxygen atoms in total. The summed E-state index contributed by atoms with van der Waals surface area (Å²) in [5, 5.41) is 17.4. The number of aromatic nitrogens is 2. The van der Waals surface area contributed by atoms with Gasteiger partial charge in [0.25, 0.3) is 0 Å². The lowest BCUT2D eigenvalue weighted by molar-refractivity contribution is -0.137. The van der Waals surface area contributed by atoms with E-state index in [1.165, 1.54) is 18.2 Å². The van der Waals surface area contributed by atoms with Gasteiger partial charge in [-0.2, -0.15) is 18.3 Å². The maximum Gasteiger partial charge on any atom is 0.416 e. The van der Waals surface area contributed by atoms with Crippen LogP contribution in [0, 0.1) is 13.8 Å². The fourth-order valence-electron chi connectivity index (χ4n) is 3.16. The second kappa shape index (κ2) is 8.03. The zero-order valence-electron chi connectivity index (χ0n) is 15.9. The highest BCUT2D eigenvalue weighted by molar-refractivity contribution is 5.88. The third-order valence-corrected chi connectivity index (χ3v) is 4.57. The first kappa shape index (κ1) is 20.5. The van der Waals surface area contributed by atoms with Crippen LogP contribution in [0.4, 0.5) is 13.2 Å². The third kappa shape index (κ3) is 4.99. The number of carboxylic acid groups (broad SMARTS) is 1. The Kier molecular flexibility index (Phi) is 5.68. The molecule has 0 atom stereocenters. The van der Waals surface area contributed by atoms with E-state index in [1.807, 2.05) is 13.0 Å². The molecule has 1 heterocycles. The van der Waals surface area contributed by atoms with Crippen molar-refractivity contribution in [2.45, 2.75) is 32.9 Å². The molecule has 1 aromatic heterocycles. The van der Waals surface area contributed by atoms with Crippen molar-refractivity contribution >= 4 is 5.97 Å². The molecule has 0 saturated heterocycles. The van der Waals surface area contributed by atoms with Crippen molar-refractivity contribution in [1.29, 1.82) is 0 Å². The second-order valence-electron chi connectivity index (χ2n) is 6.95. The van der Waals surface area contributed by atoms with Crippen LogP contribution in [0.1, 0.15) is 38.3 Å². The van der Waals surface area contributed by atoms with Gasteiger partial charge < -0.3 is 5.11 Å². The maximum atomic E-state index is 13.0. The average Bonchev–Trinajstić information content (AvgIpc) is 2.65. The predicted octanol–water partition coefficient (Wildman–Crippen LogP) is 5.26. The predicted molar refractivity (Wildman–Crippen MR) is 103 cm³/mol. The number of benzene rings is 2. The van der Waals surface area contributed by atoms with E-state index < -0.39 is 17.7 Å². The molecule has 0 fully saturated rings. The molecule has 0 radical (unpaired) electrons. The van der Waals surface area contributed by atoms with Gasteiger partial charge in [0.05, 0.1) is 22.5 Å². The van der Waals surface area contributed by atoms with Gasteiger partial charge in [-0.1, -0.05) is 23.8 Å². The van der Waals surface area contributed by atoms with Gasteiger partial charge in [0.15, 0.2) is 0 Å². The van der Waals surface area contributed by atoms with Crippen molar-refractivity contribution in [2.24, 2.45) is 0 Å². The van der Waals surface area contributed by atoms with E-state index in [2.05, 4.69) is 10.2 Å². The molecule has 29 heavy (non-hydrogen) atoms. The zero-order valence-corrected chi connectivity index (χ0v) is 15.9. The fourth-order valence-corrected chi connectivity index (χ4v) is 3.16. The summed E-state index contributed by atoms with van der Waals surface area (Å²) in [6.07, 6.45) is -3.48. The van der Waals surface area contributed by atoms with Crippen molar-refractivity contribution in [3.8, 4) is 11.3 Å². The summed E-state index contributed by atoms with van der Waals surface area (Å²) in [6, 6.07) is 12.3. The fraction of sp³-hybridized carbons (Fsp3) is 0.227. The summed E-state index contributed by atoms with van der Waals surface area (Å²) < 4.78 is 39.0. The van der Waals surface area contributed by atoms with Gasteiger partial charge in [-0.15, -0.1) is 5.10 Å². The van der Waals surface area contributed by atoms with Crippen molar-refractivity contribution in [2.75, 3.05) is 0 Å². The van der Waals surface area contributed by atoms with Crippen LogP contribution in [0.25, 0.3) is 11.3 Å². The van der Waals surface area contributed by atoms with Gasteiger partial charge in [-0.25, -0.2) is 4.79 Å². The van der Waals surface area contributed by atoms with Crippen molar-refractivity contribution in [1.82, 2.24) is 10.2 Å². The number of hydrogen-bond acceptors (Lipinski definition) is 3. The molecule has 3 aromatic rings. The molecule has 7 heteroatoms. The molecule has 3 rings (SSSR count). The number of aromatic carboxylic acids is 1. The van der Waals surface area contributed by atoms with Crippen LogP contribution in [0.15, 0.2) is 48.5 Å². The molecule has 0 saturated carbocycles. The number of aryl methyl sites for hydroxylation is 4. The van der Waals surface area contributed by atoms with E-state index in [4.69, 9.17) is 5.11 Å². The van der Waals surface area contributed by atoms with E-state index in [1.54, 1.807) is 25.1 Å². The van der Waals surface area contributed by atoms with Gasteiger partial charge in [-0.3, -0.25) is 0 Å². The van der Waals surface area contributed by atoms with Crippen molar-refractivity contribution < 1.29 is 23.1 Å². The summed E-state index contributed by atoms with van der Waals surface area (Å²) >= 11 is 0. The van der Waals surface area contributed by atoms with E-state index in [0.717, 1.165) is 17.2 Å².